The average molecular weight is 327 g/mol. The maximum atomic E-state index is 13.0. The van der Waals surface area contributed by atoms with Crippen molar-refractivity contribution in [1.82, 2.24) is 4.90 Å². The lowest BCUT2D eigenvalue weighted by Gasteiger charge is -2.29. The van der Waals surface area contributed by atoms with E-state index in [4.69, 9.17) is 5.11 Å². The second-order valence-electron chi connectivity index (χ2n) is 6.41. The molecule has 0 atom stereocenters. The summed E-state index contributed by atoms with van der Waals surface area (Å²) in [4.78, 5) is 13.3. The fraction of sp³-hybridized carbons (Fsp3) is 0.350. The van der Waals surface area contributed by atoms with Crippen LogP contribution in [0.5, 0.6) is 0 Å². The third-order valence-electron chi connectivity index (χ3n) is 4.76. The molecule has 1 aliphatic heterocycles. The van der Waals surface area contributed by atoms with Crippen molar-refractivity contribution in [2.24, 2.45) is 5.92 Å². The first-order chi connectivity index (χ1) is 11.6. The monoisotopic (exact) mass is 327 g/mol. The Kier molecular flexibility index (Phi) is 5.26. The third kappa shape index (κ3) is 4.20. The van der Waals surface area contributed by atoms with Crippen molar-refractivity contribution >= 4 is 5.97 Å². The maximum absolute atomic E-state index is 13.0. The number of piperidine rings is 1. The van der Waals surface area contributed by atoms with Gasteiger partial charge >= 0.3 is 5.97 Å². The molecule has 0 aliphatic carbocycles. The zero-order chi connectivity index (χ0) is 16.9. The normalized spacial score (nSPS) is 16.2. The molecule has 1 fully saturated rings. The van der Waals surface area contributed by atoms with Crippen LogP contribution < -0.4 is 0 Å². The number of hydrogen-bond acceptors (Lipinski definition) is 2. The first-order valence-corrected chi connectivity index (χ1v) is 8.42. The number of carboxylic acid groups (broad SMARTS) is 1. The van der Waals surface area contributed by atoms with Crippen molar-refractivity contribution in [3.63, 3.8) is 0 Å². The number of hydrogen-bond donors (Lipinski definition) is 1. The van der Waals surface area contributed by atoms with Crippen LogP contribution in [0.25, 0.3) is 11.1 Å². The first kappa shape index (κ1) is 16.7. The minimum absolute atomic E-state index is 0.178. The van der Waals surface area contributed by atoms with Crippen LogP contribution in [-0.4, -0.2) is 35.6 Å². The summed E-state index contributed by atoms with van der Waals surface area (Å²) in [6.45, 7) is 2.66. The summed E-state index contributed by atoms with van der Waals surface area (Å²) in [5.74, 6) is -1.07. The zero-order valence-corrected chi connectivity index (χ0v) is 13.6. The zero-order valence-electron chi connectivity index (χ0n) is 13.6. The minimum atomic E-state index is -0.665. The van der Waals surface area contributed by atoms with Crippen molar-refractivity contribution in [3.8, 4) is 11.1 Å². The van der Waals surface area contributed by atoms with Gasteiger partial charge < -0.3 is 10.0 Å². The van der Waals surface area contributed by atoms with Gasteiger partial charge in [0, 0.05) is 6.54 Å². The molecule has 0 spiro atoms. The Morgan fingerprint density at radius 1 is 1.08 bits per heavy atom. The number of aliphatic carboxylic acids is 1. The molecule has 3 nitrogen and oxygen atoms in total. The van der Waals surface area contributed by atoms with Gasteiger partial charge in [0.15, 0.2) is 0 Å². The van der Waals surface area contributed by atoms with Crippen LogP contribution in [0.4, 0.5) is 4.39 Å². The van der Waals surface area contributed by atoms with Gasteiger partial charge in [0.2, 0.25) is 0 Å². The van der Waals surface area contributed by atoms with Gasteiger partial charge in [-0.25, -0.2) is 4.39 Å². The Hall–Kier alpha value is -2.20. The van der Waals surface area contributed by atoms with Crippen molar-refractivity contribution < 1.29 is 14.3 Å². The Morgan fingerprint density at radius 3 is 2.46 bits per heavy atom. The van der Waals surface area contributed by atoms with Gasteiger partial charge in [0.05, 0.1) is 5.92 Å². The topological polar surface area (TPSA) is 40.5 Å². The standard InChI is InChI=1S/C20H22FNO2/c21-19-6-4-16(5-7-19)18-3-1-2-15(14-18)8-11-22-12-9-17(10-13-22)20(23)24/h1-7,14,17H,8-13H2,(H,23,24). The number of halogens is 1. The van der Waals surface area contributed by atoms with E-state index in [1.165, 1.54) is 17.7 Å². The molecule has 3 rings (SSSR count). The van der Waals surface area contributed by atoms with E-state index in [1.807, 2.05) is 12.1 Å². The van der Waals surface area contributed by atoms with Crippen LogP contribution in [0, 0.1) is 11.7 Å². The lowest BCUT2D eigenvalue weighted by Crippen LogP contribution is -2.37. The van der Waals surface area contributed by atoms with Crippen LogP contribution in [-0.2, 0) is 11.2 Å². The lowest BCUT2D eigenvalue weighted by atomic mass is 9.96. The largest absolute Gasteiger partial charge is 0.481 e. The maximum Gasteiger partial charge on any atom is 0.306 e. The van der Waals surface area contributed by atoms with Crippen molar-refractivity contribution in [2.75, 3.05) is 19.6 Å². The molecule has 2 aromatic carbocycles. The van der Waals surface area contributed by atoms with Crippen LogP contribution in [0.15, 0.2) is 48.5 Å². The van der Waals surface area contributed by atoms with Gasteiger partial charge in [0.1, 0.15) is 5.82 Å². The van der Waals surface area contributed by atoms with Crippen LogP contribution >= 0.6 is 0 Å². The van der Waals surface area contributed by atoms with Gasteiger partial charge in [-0.1, -0.05) is 36.4 Å². The minimum Gasteiger partial charge on any atom is -0.481 e. The molecule has 2 aromatic rings. The molecule has 126 valence electrons. The average Bonchev–Trinajstić information content (AvgIpc) is 2.61. The van der Waals surface area contributed by atoms with Crippen molar-refractivity contribution in [2.45, 2.75) is 19.3 Å². The lowest BCUT2D eigenvalue weighted by molar-refractivity contribution is -0.143. The fourth-order valence-electron chi connectivity index (χ4n) is 3.24. The van der Waals surface area contributed by atoms with Crippen molar-refractivity contribution in [3.05, 3.63) is 59.9 Å². The molecule has 0 radical (unpaired) electrons. The van der Waals surface area contributed by atoms with Gasteiger partial charge in [0.25, 0.3) is 0 Å². The van der Waals surface area contributed by atoms with Crippen LogP contribution in [0.2, 0.25) is 0 Å². The van der Waals surface area contributed by atoms with E-state index in [0.717, 1.165) is 50.0 Å². The van der Waals surface area contributed by atoms with Crippen LogP contribution in [0.3, 0.4) is 0 Å². The highest BCUT2D eigenvalue weighted by Gasteiger charge is 2.23. The fourth-order valence-corrected chi connectivity index (χ4v) is 3.24. The number of nitrogens with zero attached hydrogens (tertiary/aromatic N) is 1. The molecule has 24 heavy (non-hydrogen) atoms. The highest BCUT2D eigenvalue weighted by molar-refractivity contribution is 5.70. The number of rotatable bonds is 5. The molecule has 0 amide bonds. The quantitative estimate of drug-likeness (QED) is 0.907. The summed E-state index contributed by atoms with van der Waals surface area (Å²) >= 11 is 0. The predicted molar refractivity (Wildman–Crippen MR) is 92.3 cm³/mol. The van der Waals surface area contributed by atoms with Crippen molar-refractivity contribution in [1.29, 1.82) is 0 Å². The number of likely N-dealkylation sites (tertiary alicyclic amines) is 1. The Morgan fingerprint density at radius 2 is 1.79 bits per heavy atom. The molecule has 1 heterocycles. The number of benzene rings is 2. The number of carboxylic acids is 1. The molecule has 1 aliphatic rings. The summed E-state index contributed by atoms with van der Waals surface area (Å²) < 4.78 is 13.0. The summed E-state index contributed by atoms with van der Waals surface area (Å²) in [5, 5.41) is 9.05. The first-order valence-electron chi connectivity index (χ1n) is 8.42. The summed E-state index contributed by atoms with van der Waals surface area (Å²) in [7, 11) is 0. The highest BCUT2D eigenvalue weighted by Crippen LogP contribution is 2.22. The molecule has 0 bridgehead atoms. The van der Waals surface area contributed by atoms with E-state index in [-0.39, 0.29) is 11.7 Å². The Bertz CT molecular complexity index is 691. The predicted octanol–water partition coefficient (Wildman–Crippen LogP) is 3.83. The van der Waals surface area contributed by atoms with Gasteiger partial charge in [-0.2, -0.15) is 0 Å². The summed E-state index contributed by atoms with van der Waals surface area (Å²) in [6, 6.07) is 14.9. The van der Waals surface area contributed by atoms with Gasteiger partial charge in [-0.05, 0) is 61.2 Å². The Balaban J connectivity index is 1.57. The summed E-state index contributed by atoms with van der Waals surface area (Å²) in [6.07, 6.45) is 2.42. The molecule has 4 heteroatoms. The van der Waals surface area contributed by atoms with E-state index < -0.39 is 5.97 Å². The van der Waals surface area contributed by atoms with Gasteiger partial charge in [-0.3, -0.25) is 4.79 Å². The van der Waals surface area contributed by atoms with Crippen LogP contribution in [0.1, 0.15) is 18.4 Å². The SMILES string of the molecule is O=C(O)C1CCN(CCc2cccc(-c3ccc(F)cc3)c2)CC1. The second kappa shape index (κ2) is 7.58. The van der Waals surface area contributed by atoms with E-state index >= 15 is 0 Å². The highest BCUT2D eigenvalue weighted by atomic mass is 19.1. The second-order valence-corrected chi connectivity index (χ2v) is 6.41. The number of carbonyl (C=O) groups is 1. The molecule has 1 N–H and O–H groups in total. The van der Waals surface area contributed by atoms with E-state index in [9.17, 15) is 9.18 Å². The molecule has 0 aromatic heterocycles. The van der Waals surface area contributed by atoms with E-state index in [2.05, 4.69) is 17.0 Å². The third-order valence-corrected chi connectivity index (χ3v) is 4.76. The summed E-state index contributed by atoms with van der Waals surface area (Å²) in [5.41, 5.74) is 3.36. The molecule has 0 saturated carbocycles. The van der Waals surface area contributed by atoms with E-state index in [1.54, 1.807) is 12.1 Å². The van der Waals surface area contributed by atoms with E-state index in [0.29, 0.717) is 0 Å². The van der Waals surface area contributed by atoms with Gasteiger partial charge in [-0.15, -0.1) is 0 Å². The molecular weight excluding hydrogens is 305 g/mol. The molecular formula is C20H22FNO2. The molecule has 0 unspecified atom stereocenters. The smallest absolute Gasteiger partial charge is 0.306 e. The molecule has 1 saturated heterocycles. The Labute approximate surface area is 141 Å².